The van der Waals surface area contributed by atoms with Crippen molar-refractivity contribution in [3.63, 3.8) is 0 Å². The quantitative estimate of drug-likeness (QED) is 0.811. The first-order chi connectivity index (χ1) is 6.81. The molecule has 0 fully saturated rings. The van der Waals surface area contributed by atoms with E-state index >= 15 is 0 Å². The number of rotatable bonds is 3. The molecule has 0 N–H and O–H groups in total. The molecule has 2 aromatic rings. The SMILES string of the molecule is COCC(S)c1nc2ccccc2s1. The summed E-state index contributed by atoms with van der Waals surface area (Å²) in [7, 11) is 1.68. The second-order valence-corrected chi connectivity index (χ2v) is 4.68. The molecule has 1 atom stereocenters. The minimum Gasteiger partial charge on any atom is -0.383 e. The van der Waals surface area contributed by atoms with Crippen LogP contribution >= 0.6 is 24.0 Å². The summed E-state index contributed by atoms with van der Waals surface area (Å²) >= 11 is 6.11. The number of nitrogens with zero attached hydrogens (tertiary/aromatic N) is 1. The van der Waals surface area contributed by atoms with Crippen molar-refractivity contribution in [1.82, 2.24) is 4.98 Å². The smallest absolute Gasteiger partial charge is 0.109 e. The molecule has 1 heterocycles. The van der Waals surface area contributed by atoms with Crippen LogP contribution in [0.15, 0.2) is 24.3 Å². The normalized spacial score (nSPS) is 13.3. The minimum atomic E-state index is 0.0809. The maximum Gasteiger partial charge on any atom is 0.109 e. The third kappa shape index (κ3) is 1.92. The van der Waals surface area contributed by atoms with Gasteiger partial charge >= 0.3 is 0 Å². The topological polar surface area (TPSA) is 22.1 Å². The maximum absolute atomic E-state index is 5.04. The van der Waals surface area contributed by atoms with Gasteiger partial charge in [-0.3, -0.25) is 0 Å². The number of para-hydroxylation sites is 1. The van der Waals surface area contributed by atoms with E-state index in [-0.39, 0.29) is 5.25 Å². The summed E-state index contributed by atoms with van der Waals surface area (Å²) in [5.41, 5.74) is 1.04. The van der Waals surface area contributed by atoms with Gasteiger partial charge in [-0.05, 0) is 12.1 Å². The van der Waals surface area contributed by atoms with Crippen LogP contribution in [0.5, 0.6) is 0 Å². The van der Waals surface area contributed by atoms with Crippen LogP contribution in [0.4, 0.5) is 0 Å². The molecule has 0 aliphatic carbocycles. The Morgan fingerprint density at radius 1 is 1.50 bits per heavy atom. The lowest BCUT2D eigenvalue weighted by molar-refractivity contribution is 0.200. The van der Waals surface area contributed by atoms with Crippen molar-refractivity contribution in [2.75, 3.05) is 13.7 Å². The Balaban J connectivity index is 2.35. The zero-order valence-corrected chi connectivity index (χ0v) is 9.52. The fraction of sp³-hybridized carbons (Fsp3) is 0.300. The van der Waals surface area contributed by atoms with Crippen LogP contribution < -0.4 is 0 Å². The van der Waals surface area contributed by atoms with Gasteiger partial charge in [-0.25, -0.2) is 4.98 Å². The van der Waals surface area contributed by atoms with Crippen LogP contribution in [-0.2, 0) is 4.74 Å². The van der Waals surface area contributed by atoms with Gasteiger partial charge in [0.05, 0.1) is 22.1 Å². The van der Waals surface area contributed by atoms with E-state index in [1.165, 1.54) is 4.70 Å². The largest absolute Gasteiger partial charge is 0.383 e. The maximum atomic E-state index is 5.04. The summed E-state index contributed by atoms with van der Waals surface area (Å²) in [4.78, 5) is 4.49. The number of thiazole rings is 1. The molecule has 0 radical (unpaired) electrons. The molecule has 0 spiro atoms. The number of hydrogen-bond donors (Lipinski definition) is 1. The highest BCUT2D eigenvalue weighted by Crippen LogP contribution is 2.29. The predicted molar refractivity (Wildman–Crippen MR) is 63.2 cm³/mol. The van der Waals surface area contributed by atoms with Gasteiger partial charge in [0.1, 0.15) is 5.01 Å². The van der Waals surface area contributed by atoms with E-state index in [4.69, 9.17) is 4.74 Å². The Labute approximate surface area is 92.3 Å². The standard InChI is InChI=1S/C10H11NOS2/c1-12-6-8(13)10-11-7-4-2-3-5-9(7)14-10/h2-5,8,13H,6H2,1H3. The molecule has 0 bridgehead atoms. The highest BCUT2D eigenvalue weighted by atomic mass is 32.1. The van der Waals surface area contributed by atoms with Crippen molar-refractivity contribution in [2.24, 2.45) is 0 Å². The second-order valence-electron chi connectivity index (χ2n) is 2.99. The van der Waals surface area contributed by atoms with Crippen LogP contribution in [0, 0.1) is 0 Å². The average molecular weight is 225 g/mol. The number of fused-ring (bicyclic) bond motifs is 1. The molecule has 0 saturated carbocycles. The Hall–Kier alpha value is -0.580. The van der Waals surface area contributed by atoms with E-state index in [0.29, 0.717) is 6.61 Å². The molecule has 1 unspecified atom stereocenters. The number of thiol groups is 1. The van der Waals surface area contributed by atoms with Gasteiger partial charge in [0.25, 0.3) is 0 Å². The summed E-state index contributed by atoms with van der Waals surface area (Å²) in [5, 5.41) is 1.11. The zero-order valence-electron chi connectivity index (χ0n) is 7.80. The molecule has 2 rings (SSSR count). The Bertz CT molecular complexity index is 394. The molecule has 4 heteroatoms. The van der Waals surface area contributed by atoms with Crippen molar-refractivity contribution in [2.45, 2.75) is 5.25 Å². The molecule has 0 aliphatic rings. The van der Waals surface area contributed by atoms with Gasteiger partial charge < -0.3 is 4.74 Å². The summed E-state index contributed by atoms with van der Waals surface area (Å²) in [6.07, 6.45) is 0. The Kier molecular flexibility index (Phi) is 3.05. The third-order valence-corrected chi connectivity index (χ3v) is 3.64. The van der Waals surface area contributed by atoms with Crippen LogP contribution in [0.25, 0.3) is 10.2 Å². The van der Waals surface area contributed by atoms with Crippen molar-refractivity contribution in [3.8, 4) is 0 Å². The monoisotopic (exact) mass is 225 g/mol. The molecule has 1 aromatic carbocycles. The van der Waals surface area contributed by atoms with Crippen molar-refractivity contribution in [3.05, 3.63) is 29.3 Å². The second kappa shape index (κ2) is 4.29. The fourth-order valence-electron chi connectivity index (χ4n) is 1.26. The van der Waals surface area contributed by atoms with E-state index in [1.54, 1.807) is 18.4 Å². The number of methoxy groups -OCH3 is 1. The highest BCUT2D eigenvalue weighted by Gasteiger charge is 2.11. The Morgan fingerprint density at radius 2 is 2.29 bits per heavy atom. The number of aromatic nitrogens is 1. The summed E-state index contributed by atoms with van der Waals surface area (Å²) in [5.74, 6) is 0. The first-order valence-electron chi connectivity index (χ1n) is 4.33. The van der Waals surface area contributed by atoms with Crippen molar-refractivity contribution in [1.29, 1.82) is 0 Å². The summed E-state index contributed by atoms with van der Waals surface area (Å²) in [6, 6.07) is 8.11. The van der Waals surface area contributed by atoms with E-state index in [0.717, 1.165) is 10.5 Å². The van der Waals surface area contributed by atoms with Crippen LogP contribution in [0.2, 0.25) is 0 Å². The zero-order chi connectivity index (χ0) is 9.97. The number of benzene rings is 1. The van der Waals surface area contributed by atoms with Crippen molar-refractivity contribution >= 4 is 34.2 Å². The summed E-state index contributed by atoms with van der Waals surface area (Å²) < 4.78 is 6.25. The minimum absolute atomic E-state index is 0.0809. The molecule has 2 nitrogen and oxygen atoms in total. The van der Waals surface area contributed by atoms with E-state index in [2.05, 4.69) is 23.7 Å². The first kappa shape index (κ1) is 9.96. The molecule has 0 saturated heterocycles. The van der Waals surface area contributed by atoms with Gasteiger partial charge in [0.15, 0.2) is 0 Å². The molecule has 0 aliphatic heterocycles. The van der Waals surface area contributed by atoms with Crippen LogP contribution in [0.3, 0.4) is 0 Å². The van der Waals surface area contributed by atoms with E-state index in [9.17, 15) is 0 Å². The number of hydrogen-bond acceptors (Lipinski definition) is 4. The lowest BCUT2D eigenvalue weighted by Crippen LogP contribution is -1.98. The van der Waals surface area contributed by atoms with Gasteiger partial charge in [-0.2, -0.15) is 12.6 Å². The van der Waals surface area contributed by atoms with Crippen molar-refractivity contribution < 1.29 is 4.74 Å². The summed E-state index contributed by atoms with van der Waals surface area (Å²) in [6.45, 7) is 0.600. The molecule has 0 amide bonds. The van der Waals surface area contributed by atoms with E-state index in [1.807, 2.05) is 18.2 Å². The predicted octanol–water partition coefficient (Wildman–Crippen LogP) is 2.91. The molecule has 14 heavy (non-hydrogen) atoms. The fourth-order valence-corrected chi connectivity index (χ4v) is 2.56. The van der Waals surface area contributed by atoms with Gasteiger partial charge in [0, 0.05) is 7.11 Å². The molecular weight excluding hydrogens is 214 g/mol. The van der Waals surface area contributed by atoms with E-state index < -0.39 is 0 Å². The lowest BCUT2D eigenvalue weighted by atomic mass is 10.3. The van der Waals surface area contributed by atoms with Crippen LogP contribution in [-0.4, -0.2) is 18.7 Å². The van der Waals surface area contributed by atoms with Gasteiger partial charge in [-0.15, -0.1) is 11.3 Å². The first-order valence-corrected chi connectivity index (χ1v) is 5.67. The molecule has 74 valence electrons. The van der Waals surface area contributed by atoms with Gasteiger partial charge in [0.2, 0.25) is 0 Å². The number of ether oxygens (including phenoxy) is 1. The molecule has 1 aromatic heterocycles. The van der Waals surface area contributed by atoms with Gasteiger partial charge in [-0.1, -0.05) is 12.1 Å². The lowest BCUT2D eigenvalue weighted by Gasteiger charge is -2.03. The highest BCUT2D eigenvalue weighted by molar-refractivity contribution is 7.80. The Morgan fingerprint density at radius 3 is 3.00 bits per heavy atom. The third-order valence-electron chi connectivity index (χ3n) is 1.92. The van der Waals surface area contributed by atoms with Crippen LogP contribution in [0.1, 0.15) is 10.3 Å². The average Bonchev–Trinajstić information content (AvgIpc) is 2.61. The molecular formula is C10H11NOS2.